The second-order valence-corrected chi connectivity index (χ2v) is 6.67. The molecule has 7 nitrogen and oxygen atoms in total. The van der Waals surface area contributed by atoms with Gasteiger partial charge in [-0.1, -0.05) is 0 Å². The van der Waals surface area contributed by atoms with Crippen LogP contribution in [0.25, 0.3) is 0 Å². The van der Waals surface area contributed by atoms with E-state index in [0.717, 1.165) is 0 Å². The highest BCUT2D eigenvalue weighted by atomic mass is 32.2. The molecule has 8 heteroatoms. The van der Waals surface area contributed by atoms with Gasteiger partial charge in [0.25, 0.3) is 11.8 Å². The minimum Gasteiger partial charge on any atom is -0.330 e. The summed E-state index contributed by atoms with van der Waals surface area (Å²) in [6.07, 6.45) is 0.836. The molecule has 0 aromatic heterocycles. The summed E-state index contributed by atoms with van der Waals surface area (Å²) in [4.78, 5) is 38.9. The quantitative estimate of drug-likeness (QED) is 0.625. The molecule has 0 aromatic carbocycles. The minimum absolute atomic E-state index is 0.0229. The third-order valence-electron chi connectivity index (χ3n) is 2.98. The van der Waals surface area contributed by atoms with E-state index in [4.69, 9.17) is 4.84 Å². The highest BCUT2D eigenvalue weighted by Gasteiger charge is 2.37. The number of amides is 2. The van der Waals surface area contributed by atoms with Gasteiger partial charge in [-0.05, 0) is 12.8 Å². The zero-order valence-corrected chi connectivity index (χ0v) is 10.4. The fraction of sp³-hybridized carbons (Fsp3) is 0.700. The van der Waals surface area contributed by atoms with E-state index in [1.165, 1.54) is 0 Å². The van der Waals surface area contributed by atoms with Crippen LogP contribution in [0.5, 0.6) is 0 Å². The van der Waals surface area contributed by atoms with Crippen LogP contribution in [0.3, 0.4) is 0 Å². The van der Waals surface area contributed by atoms with Gasteiger partial charge in [0.1, 0.15) is 0 Å². The van der Waals surface area contributed by atoms with E-state index >= 15 is 0 Å². The summed E-state index contributed by atoms with van der Waals surface area (Å²) in [6.45, 7) is 0. The molecular formula is C10H13NO6S. The predicted octanol–water partition coefficient (Wildman–Crippen LogP) is -0.582. The van der Waals surface area contributed by atoms with Crippen molar-refractivity contribution in [1.82, 2.24) is 5.06 Å². The van der Waals surface area contributed by atoms with Gasteiger partial charge in [0.05, 0.1) is 17.4 Å². The molecule has 2 heterocycles. The second kappa shape index (κ2) is 4.68. The van der Waals surface area contributed by atoms with Crippen LogP contribution in [-0.2, 0) is 29.1 Å². The SMILES string of the molecule is O=C(ON1C(=O)CCC1=O)C1CCCS(=O)(=O)C1. The lowest BCUT2D eigenvalue weighted by molar-refractivity contribution is -0.200. The summed E-state index contributed by atoms with van der Waals surface area (Å²) in [5.74, 6) is -2.94. The van der Waals surface area contributed by atoms with Crippen molar-refractivity contribution in [3.8, 4) is 0 Å². The first-order chi connectivity index (χ1) is 8.39. The van der Waals surface area contributed by atoms with Crippen molar-refractivity contribution in [3.63, 3.8) is 0 Å². The first-order valence-corrected chi connectivity index (χ1v) is 7.49. The fourth-order valence-corrected chi connectivity index (χ4v) is 3.72. The van der Waals surface area contributed by atoms with Gasteiger partial charge in [0.2, 0.25) is 0 Å². The summed E-state index contributed by atoms with van der Waals surface area (Å²) in [5.41, 5.74) is 0. The van der Waals surface area contributed by atoms with Gasteiger partial charge < -0.3 is 4.84 Å². The molecule has 2 rings (SSSR count). The van der Waals surface area contributed by atoms with Crippen LogP contribution in [0.4, 0.5) is 0 Å². The van der Waals surface area contributed by atoms with Gasteiger partial charge in [0.15, 0.2) is 9.84 Å². The van der Waals surface area contributed by atoms with Gasteiger partial charge in [0, 0.05) is 12.8 Å². The molecule has 2 saturated heterocycles. The maximum Gasteiger partial charge on any atom is 0.337 e. The Kier molecular flexibility index (Phi) is 3.38. The average Bonchev–Trinajstić information content (AvgIpc) is 2.59. The smallest absolute Gasteiger partial charge is 0.330 e. The number of hydrogen-bond donors (Lipinski definition) is 0. The molecule has 0 aromatic rings. The van der Waals surface area contributed by atoms with E-state index in [-0.39, 0.29) is 24.3 Å². The molecular weight excluding hydrogens is 262 g/mol. The Hall–Kier alpha value is -1.44. The van der Waals surface area contributed by atoms with E-state index in [0.29, 0.717) is 17.9 Å². The van der Waals surface area contributed by atoms with Crippen molar-refractivity contribution in [2.24, 2.45) is 5.92 Å². The molecule has 0 spiro atoms. The monoisotopic (exact) mass is 275 g/mol. The Labute approximate surface area is 104 Å². The van der Waals surface area contributed by atoms with Crippen LogP contribution in [0.2, 0.25) is 0 Å². The number of sulfone groups is 1. The molecule has 2 aliphatic heterocycles. The maximum atomic E-state index is 11.7. The first-order valence-electron chi connectivity index (χ1n) is 5.67. The van der Waals surface area contributed by atoms with Gasteiger partial charge >= 0.3 is 5.97 Å². The molecule has 0 saturated carbocycles. The van der Waals surface area contributed by atoms with Gasteiger partial charge in [-0.3, -0.25) is 9.59 Å². The molecule has 18 heavy (non-hydrogen) atoms. The third-order valence-corrected chi connectivity index (χ3v) is 4.80. The van der Waals surface area contributed by atoms with E-state index < -0.39 is 33.5 Å². The molecule has 0 aliphatic carbocycles. The van der Waals surface area contributed by atoms with E-state index in [1.807, 2.05) is 0 Å². The van der Waals surface area contributed by atoms with Crippen molar-refractivity contribution in [3.05, 3.63) is 0 Å². The Morgan fingerprint density at radius 3 is 2.39 bits per heavy atom. The average molecular weight is 275 g/mol. The summed E-state index contributed by atoms with van der Waals surface area (Å²) in [6, 6.07) is 0. The van der Waals surface area contributed by atoms with Crippen LogP contribution in [-0.4, -0.2) is 42.8 Å². The van der Waals surface area contributed by atoms with Gasteiger partial charge in [-0.25, -0.2) is 13.2 Å². The summed E-state index contributed by atoms with van der Waals surface area (Å²) in [7, 11) is -3.23. The zero-order chi connectivity index (χ0) is 13.3. The lowest BCUT2D eigenvalue weighted by Gasteiger charge is -2.22. The Morgan fingerprint density at radius 1 is 1.22 bits per heavy atom. The lowest BCUT2D eigenvalue weighted by atomic mass is 10.1. The number of hydrogen-bond acceptors (Lipinski definition) is 6. The maximum absolute atomic E-state index is 11.7. The number of nitrogens with zero attached hydrogens (tertiary/aromatic N) is 1. The van der Waals surface area contributed by atoms with Gasteiger partial charge in [-0.2, -0.15) is 0 Å². The normalized spacial score (nSPS) is 27.3. The van der Waals surface area contributed by atoms with E-state index in [9.17, 15) is 22.8 Å². The minimum atomic E-state index is -3.23. The van der Waals surface area contributed by atoms with Crippen molar-refractivity contribution >= 4 is 27.6 Å². The largest absolute Gasteiger partial charge is 0.337 e. The first kappa shape index (κ1) is 13.0. The van der Waals surface area contributed by atoms with Crippen LogP contribution in [0.15, 0.2) is 0 Å². The molecule has 0 N–H and O–H groups in total. The van der Waals surface area contributed by atoms with Gasteiger partial charge in [-0.15, -0.1) is 5.06 Å². The molecule has 1 atom stereocenters. The summed E-state index contributed by atoms with van der Waals surface area (Å²) in [5, 5.41) is 0.448. The Morgan fingerprint density at radius 2 is 1.83 bits per heavy atom. The van der Waals surface area contributed by atoms with Crippen molar-refractivity contribution < 1.29 is 27.6 Å². The predicted molar refractivity (Wildman–Crippen MR) is 58.6 cm³/mol. The molecule has 1 unspecified atom stereocenters. The topological polar surface area (TPSA) is 97.8 Å². The molecule has 2 aliphatic rings. The zero-order valence-electron chi connectivity index (χ0n) is 9.62. The Bertz CT molecular complexity index is 480. The Balaban J connectivity index is 2.00. The highest BCUT2D eigenvalue weighted by molar-refractivity contribution is 7.91. The number of rotatable bonds is 2. The second-order valence-electron chi connectivity index (χ2n) is 4.45. The number of hydroxylamine groups is 2. The van der Waals surface area contributed by atoms with E-state index in [2.05, 4.69) is 0 Å². The molecule has 0 bridgehead atoms. The van der Waals surface area contributed by atoms with Crippen molar-refractivity contribution in [2.45, 2.75) is 25.7 Å². The lowest BCUT2D eigenvalue weighted by Crippen LogP contribution is -2.38. The molecule has 100 valence electrons. The fourth-order valence-electron chi connectivity index (χ4n) is 2.03. The number of carbonyl (C=O) groups is 3. The van der Waals surface area contributed by atoms with Crippen LogP contribution >= 0.6 is 0 Å². The highest BCUT2D eigenvalue weighted by Crippen LogP contribution is 2.21. The molecule has 2 amide bonds. The standard InChI is InChI=1S/C10H13NO6S/c12-8-3-4-9(13)11(8)17-10(14)7-2-1-5-18(15,16)6-7/h7H,1-6H2. The molecule has 0 radical (unpaired) electrons. The van der Waals surface area contributed by atoms with Crippen LogP contribution in [0, 0.1) is 5.92 Å². The van der Waals surface area contributed by atoms with Crippen LogP contribution in [0.1, 0.15) is 25.7 Å². The third kappa shape index (κ3) is 2.69. The van der Waals surface area contributed by atoms with Crippen molar-refractivity contribution in [1.29, 1.82) is 0 Å². The van der Waals surface area contributed by atoms with Crippen molar-refractivity contribution in [2.75, 3.05) is 11.5 Å². The number of imide groups is 1. The summed E-state index contributed by atoms with van der Waals surface area (Å²) >= 11 is 0. The summed E-state index contributed by atoms with van der Waals surface area (Å²) < 4.78 is 22.8. The number of carbonyl (C=O) groups excluding carboxylic acids is 3. The molecule has 2 fully saturated rings. The van der Waals surface area contributed by atoms with E-state index in [1.54, 1.807) is 0 Å². The van der Waals surface area contributed by atoms with Crippen LogP contribution < -0.4 is 0 Å².